The summed E-state index contributed by atoms with van der Waals surface area (Å²) in [5.41, 5.74) is 8.04. The van der Waals surface area contributed by atoms with E-state index in [-0.39, 0.29) is 0 Å². The van der Waals surface area contributed by atoms with Crippen molar-refractivity contribution in [3.8, 4) is 0 Å². The highest BCUT2D eigenvalue weighted by Crippen LogP contribution is 2.39. The standard InChI is InChI=1S/C12H15N3/c13-5-3-9-4-6-15-11(7-9)8-14-12(15)10-1-2-10/h4,6-8,10H,1-3,5,13H2. The Morgan fingerprint density at radius 1 is 1.47 bits per heavy atom. The van der Waals surface area contributed by atoms with Gasteiger partial charge in [-0.2, -0.15) is 0 Å². The van der Waals surface area contributed by atoms with Crippen molar-refractivity contribution in [3.05, 3.63) is 35.9 Å². The maximum atomic E-state index is 5.55. The third-order valence-electron chi connectivity index (χ3n) is 3.00. The SMILES string of the molecule is NCCc1ccn2c(C3CC3)ncc2c1. The highest BCUT2D eigenvalue weighted by molar-refractivity contribution is 5.49. The number of nitrogens with two attached hydrogens (primary N) is 1. The van der Waals surface area contributed by atoms with Gasteiger partial charge in [-0.15, -0.1) is 0 Å². The van der Waals surface area contributed by atoms with Crippen molar-refractivity contribution in [2.24, 2.45) is 5.73 Å². The molecule has 0 unspecified atom stereocenters. The summed E-state index contributed by atoms with van der Waals surface area (Å²) in [4.78, 5) is 4.49. The topological polar surface area (TPSA) is 43.3 Å². The molecular formula is C12H15N3. The van der Waals surface area contributed by atoms with Gasteiger partial charge in [0.05, 0.1) is 11.7 Å². The lowest BCUT2D eigenvalue weighted by atomic mass is 10.2. The van der Waals surface area contributed by atoms with Gasteiger partial charge in [0.25, 0.3) is 0 Å². The van der Waals surface area contributed by atoms with Crippen molar-refractivity contribution in [1.82, 2.24) is 9.38 Å². The molecule has 0 saturated heterocycles. The minimum Gasteiger partial charge on any atom is -0.330 e. The number of pyridine rings is 1. The van der Waals surface area contributed by atoms with Crippen LogP contribution in [0.5, 0.6) is 0 Å². The summed E-state index contributed by atoms with van der Waals surface area (Å²) in [6, 6.07) is 4.33. The molecular weight excluding hydrogens is 186 g/mol. The molecule has 15 heavy (non-hydrogen) atoms. The third kappa shape index (κ3) is 1.53. The molecule has 2 aromatic rings. The third-order valence-corrected chi connectivity index (χ3v) is 3.00. The highest BCUT2D eigenvalue weighted by Gasteiger charge is 2.27. The van der Waals surface area contributed by atoms with Gasteiger partial charge in [-0.25, -0.2) is 4.98 Å². The summed E-state index contributed by atoms with van der Waals surface area (Å²) in [6.45, 7) is 0.708. The number of nitrogens with zero attached hydrogens (tertiary/aromatic N) is 2. The molecule has 0 atom stereocenters. The number of fused-ring (bicyclic) bond motifs is 1. The first-order valence-electron chi connectivity index (χ1n) is 5.54. The van der Waals surface area contributed by atoms with Crippen molar-refractivity contribution in [1.29, 1.82) is 0 Å². The summed E-state index contributed by atoms with van der Waals surface area (Å²) in [7, 11) is 0. The van der Waals surface area contributed by atoms with Crippen LogP contribution in [0, 0.1) is 0 Å². The fourth-order valence-electron chi connectivity index (χ4n) is 2.03. The average Bonchev–Trinajstić information content (AvgIpc) is 3.00. The van der Waals surface area contributed by atoms with Crippen LogP contribution in [-0.4, -0.2) is 15.9 Å². The Balaban J connectivity index is 2.05. The number of imidazole rings is 1. The molecule has 3 rings (SSSR count). The van der Waals surface area contributed by atoms with Crippen LogP contribution in [0.15, 0.2) is 24.5 Å². The van der Waals surface area contributed by atoms with E-state index in [0.717, 1.165) is 6.42 Å². The molecule has 1 saturated carbocycles. The van der Waals surface area contributed by atoms with E-state index in [4.69, 9.17) is 5.73 Å². The summed E-state index contributed by atoms with van der Waals surface area (Å²) >= 11 is 0. The molecule has 2 heterocycles. The molecule has 1 aliphatic carbocycles. The molecule has 0 radical (unpaired) electrons. The van der Waals surface area contributed by atoms with Crippen molar-refractivity contribution in [3.63, 3.8) is 0 Å². The maximum absolute atomic E-state index is 5.55. The van der Waals surface area contributed by atoms with Crippen molar-refractivity contribution < 1.29 is 0 Å². The van der Waals surface area contributed by atoms with Gasteiger partial charge < -0.3 is 10.1 Å². The van der Waals surface area contributed by atoms with E-state index in [1.54, 1.807) is 0 Å². The Labute approximate surface area is 88.9 Å². The number of rotatable bonds is 3. The first-order valence-corrected chi connectivity index (χ1v) is 5.54. The predicted molar refractivity (Wildman–Crippen MR) is 59.9 cm³/mol. The first kappa shape index (κ1) is 8.92. The normalized spacial score (nSPS) is 16.1. The second kappa shape index (κ2) is 3.35. The zero-order chi connectivity index (χ0) is 10.3. The van der Waals surface area contributed by atoms with Crippen LogP contribution in [0.1, 0.15) is 30.1 Å². The van der Waals surface area contributed by atoms with Gasteiger partial charge in [0.2, 0.25) is 0 Å². The van der Waals surface area contributed by atoms with Crippen LogP contribution in [-0.2, 0) is 6.42 Å². The van der Waals surface area contributed by atoms with Crippen LogP contribution >= 0.6 is 0 Å². The van der Waals surface area contributed by atoms with Gasteiger partial charge in [-0.05, 0) is 43.5 Å². The Hall–Kier alpha value is -1.35. The quantitative estimate of drug-likeness (QED) is 0.821. The molecule has 2 N–H and O–H groups in total. The lowest BCUT2D eigenvalue weighted by Crippen LogP contribution is -2.03. The number of aromatic nitrogens is 2. The van der Waals surface area contributed by atoms with E-state index >= 15 is 0 Å². The van der Waals surface area contributed by atoms with Gasteiger partial charge in [0.1, 0.15) is 5.82 Å². The highest BCUT2D eigenvalue weighted by atomic mass is 15.0. The summed E-state index contributed by atoms with van der Waals surface area (Å²) < 4.78 is 2.21. The predicted octanol–water partition coefficient (Wildman–Crippen LogP) is 1.71. The maximum Gasteiger partial charge on any atom is 0.116 e. The fourth-order valence-corrected chi connectivity index (χ4v) is 2.03. The molecule has 0 bridgehead atoms. The minimum atomic E-state index is 0.702. The minimum absolute atomic E-state index is 0.702. The average molecular weight is 201 g/mol. The monoisotopic (exact) mass is 201 g/mol. The van der Waals surface area contributed by atoms with Gasteiger partial charge in [0, 0.05) is 12.1 Å². The molecule has 3 nitrogen and oxygen atoms in total. The van der Waals surface area contributed by atoms with Gasteiger partial charge in [-0.3, -0.25) is 0 Å². The van der Waals surface area contributed by atoms with E-state index in [1.165, 1.54) is 29.7 Å². The van der Waals surface area contributed by atoms with E-state index < -0.39 is 0 Å². The van der Waals surface area contributed by atoms with E-state index in [2.05, 4.69) is 27.7 Å². The zero-order valence-corrected chi connectivity index (χ0v) is 8.69. The van der Waals surface area contributed by atoms with E-state index in [1.807, 2.05) is 6.20 Å². The second-order valence-electron chi connectivity index (χ2n) is 4.26. The molecule has 0 aliphatic heterocycles. The van der Waals surface area contributed by atoms with Gasteiger partial charge in [0.15, 0.2) is 0 Å². The molecule has 0 amide bonds. The van der Waals surface area contributed by atoms with Crippen LogP contribution in [0.2, 0.25) is 0 Å². The van der Waals surface area contributed by atoms with Crippen LogP contribution in [0.4, 0.5) is 0 Å². The van der Waals surface area contributed by atoms with E-state index in [0.29, 0.717) is 12.5 Å². The lowest BCUT2D eigenvalue weighted by molar-refractivity contribution is 0.911. The lowest BCUT2D eigenvalue weighted by Gasteiger charge is -2.02. The molecule has 78 valence electrons. The van der Waals surface area contributed by atoms with Crippen molar-refractivity contribution in [2.75, 3.05) is 6.54 Å². The first-order chi connectivity index (χ1) is 7.38. The fraction of sp³-hybridized carbons (Fsp3) is 0.417. The zero-order valence-electron chi connectivity index (χ0n) is 8.69. The molecule has 2 aromatic heterocycles. The largest absolute Gasteiger partial charge is 0.330 e. The smallest absolute Gasteiger partial charge is 0.116 e. The van der Waals surface area contributed by atoms with Crippen molar-refractivity contribution in [2.45, 2.75) is 25.2 Å². The van der Waals surface area contributed by atoms with Crippen LogP contribution < -0.4 is 5.73 Å². The molecule has 1 aliphatic rings. The molecule has 3 heteroatoms. The Morgan fingerprint density at radius 2 is 2.33 bits per heavy atom. The van der Waals surface area contributed by atoms with Crippen molar-refractivity contribution >= 4 is 5.52 Å². The second-order valence-corrected chi connectivity index (χ2v) is 4.26. The van der Waals surface area contributed by atoms with E-state index in [9.17, 15) is 0 Å². The van der Waals surface area contributed by atoms with Crippen LogP contribution in [0.25, 0.3) is 5.52 Å². The molecule has 0 spiro atoms. The number of hydrogen-bond acceptors (Lipinski definition) is 2. The summed E-state index contributed by atoms with van der Waals surface area (Å²) in [5.74, 6) is 1.93. The summed E-state index contributed by atoms with van der Waals surface area (Å²) in [5, 5.41) is 0. The number of hydrogen-bond donors (Lipinski definition) is 1. The van der Waals surface area contributed by atoms with Gasteiger partial charge >= 0.3 is 0 Å². The Bertz CT molecular complexity index is 483. The van der Waals surface area contributed by atoms with Crippen LogP contribution in [0.3, 0.4) is 0 Å². The Kier molecular flexibility index (Phi) is 1.99. The summed E-state index contributed by atoms with van der Waals surface area (Å²) in [6.07, 6.45) is 7.63. The molecule has 1 fully saturated rings. The van der Waals surface area contributed by atoms with Gasteiger partial charge in [-0.1, -0.05) is 0 Å². The molecule has 0 aromatic carbocycles. The Morgan fingerprint density at radius 3 is 3.07 bits per heavy atom.